The summed E-state index contributed by atoms with van der Waals surface area (Å²) < 4.78 is 0. The maximum absolute atomic E-state index is 10.0. The molecule has 0 spiro atoms. The fourth-order valence-electron chi connectivity index (χ4n) is 5.88. The molecule has 10 heteroatoms. The molecule has 0 bridgehead atoms. The van der Waals surface area contributed by atoms with Crippen LogP contribution in [0.4, 0.5) is 0 Å². The summed E-state index contributed by atoms with van der Waals surface area (Å²) in [6, 6.07) is 0. The fourth-order valence-corrected chi connectivity index (χ4v) is 11.0. The van der Waals surface area contributed by atoms with Gasteiger partial charge in [-0.3, -0.25) is 0 Å². The predicted octanol–water partition coefficient (Wildman–Crippen LogP) is 9.58. The quantitative estimate of drug-likeness (QED) is 0.0540. The number of carbonyl (C=O) groups excluding carboxylic acids is 3. The van der Waals surface area contributed by atoms with E-state index in [1.54, 1.807) is 28.0 Å². The van der Waals surface area contributed by atoms with Crippen molar-refractivity contribution in [2.24, 2.45) is 34.0 Å². The number of carboxylic acid groups (broad SMARTS) is 3. The first kappa shape index (κ1) is 77.8. The van der Waals surface area contributed by atoms with Crippen molar-refractivity contribution in [3.05, 3.63) is 25.3 Å². The maximum atomic E-state index is 10.0. The minimum atomic E-state index is -0.925. The van der Waals surface area contributed by atoms with E-state index in [2.05, 4.69) is 131 Å². The van der Waals surface area contributed by atoms with Gasteiger partial charge < -0.3 is 42.1 Å². The summed E-state index contributed by atoms with van der Waals surface area (Å²) in [5.74, 6) is -0.000207. The predicted molar refractivity (Wildman–Crippen MR) is 254 cm³/mol. The molecule has 0 aliphatic heterocycles. The molecule has 0 heterocycles. The first-order valence-electron chi connectivity index (χ1n) is 23.1. The van der Waals surface area contributed by atoms with E-state index in [-0.39, 0.29) is 72.5 Å². The number of hydrogen-bond acceptors (Lipinski definition) is 6. The van der Waals surface area contributed by atoms with Crippen LogP contribution in [0.5, 0.6) is 0 Å². The van der Waals surface area contributed by atoms with Gasteiger partial charge in [-0.2, -0.15) is 0 Å². The van der Waals surface area contributed by atoms with Crippen molar-refractivity contribution in [2.45, 2.75) is 240 Å². The van der Waals surface area contributed by atoms with Gasteiger partial charge in [0.1, 0.15) is 0 Å². The molecule has 0 amide bonds. The Bertz CT molecular complexity index is 826. The molecule has 0 aliphatic rings. The second-order valence-corrected chi connectivity index (χ2v) is 26.2. The number of allylic oxidation sites excluding steroid dienone is 2. The molecular weight excluding hydrogens is 930 g/mol. The van der Waals surface area contributed by atoms with Crippen molar-refractivity contribution in [3.8, 4) is 0 Å². The number of unbranched alkanes of at least 4 members (excludes halogenated alkanes) is 6. The molecule has 0 saturated carbocycles. The monoisotopic (exact) mass is 1030 g/mol. The normalized spacial score (nSPS) is 10.4. The Balaban J connectivity index is -0.0000000927. The molecule has 0 aromatic carbocycles. The van der Waals surface area contributed by atoms with Crippen molar-refractivity contribution < 1.29 is 82.9 Å². The molecule has 1 radical (unpaired) electrons. The summed E-state index contributed by atoms with van der Waals surface area (Å²) in [5.41, 5.74) is 1.13. The third kappa shape index (κ3) is 107. The minimum absolute atomic E-state index is 0. The average molecular weight is 1030 g/mol. The molecule has 0 aromatic rings. The Hall–Kier alpha value is 0.596. The van der Waals surface area contributed by atoms with Gasteiger partial charge in [-0.15, -0.1) is 0 Å². The number of halogens is 1. The van der Waals surface area contributed by atoms with Crippen LogP contribution in [-0.2, 0) is 14.4 Å². The van der Waals surface area contributed by atoms with Crippen LogP contribution in [0.3, 0.4) is 0 Å². The summed E-state index contributed by atoms with van der Waals surface area (Å²) in [5, 5.41) is 37.7. The standard InChI is InChI=1S/3C10H20O2.3C4H9.C4H6.2C2H5.2Al.ClH.Nd/c3*1-10(2,3)8-6-4-5-7-9(11)12;3*1-4(2)3;1-3-4-2;2*1-2;;;;/h3*4-8H2,1-3H3,(H,11,12);3*4H,1H2,2-3H3;3-4H,1-2H2;2*1H2,2H3;;;1H;/q;;;;;;;;;;+1;;+3/p-4. The van der Waals surface area contributed by atoms with Crippen LogP contribution < -0.4 is 27.7 Å². The van der Waals surface area contributed by atoms with Gasteiger partial charge in [0.15, 0.2) is 0 Å². The molecule has 0 saturated heterocycles. The van der Waals surface area contributed by atoms with Crippen LogP contribution in [0.1, 0.15) is 214 Å². The number of aliphatic carboxylic acids is 3. The van der Waals surface area contributed by atoms with E-state index in [4.69, 9.17) is 0 Å². The van der Waals surface area contributed by atoms with E-state index < -0.39 is 32.1 Å². The van der Waals surface area contributed by atoms with Gasteiger partial charge >= 0.3 is 80.5 Å². The number of carbonyl (C=O) groups is 3. The second kappa shape index (κ2) is 52.2. The summed E-state index contributed by atoms with van der Waals surface area (Å²) in [6.07, 6.45) is 16.1. The summed E-state index contributed by atoms with van der Waals surface area (Å²) in [6.45, 7) is 45.3. The molecule has 60 heavy (non-hydrogen) atoms. The summed E-state index contributed by atoms with van der Waals surface area (Å²) in [7, 11) is 0. The second-order valence-electron chi connectivity index (χ2n) is 20.8. The fraction of sp³-hybridized carbons (Fsp3) is 0.860. The van der Waals surface area contributed by atoms with E-state index >= 15 is 0 Å². The number of carboxylic acids is 3. The zero-order chi connectivity index (χ0) is 46.8. The van der Waals surface area contributed by atoms with Crippen LogP contribution in [-0.4, -0.2) is 47.3 Å². The van der Waals surface area contributed by atoms with Crippen LogP contribution in [0.15, 0.2) is 25.3 Å². The molecule has 0 atom stereocenters. The Morgan fingerprint density at radius 2 is 0.717 bits per heavy atom. The van der Waals surface area contributed by atoms with E-state index in [0.717, 1.165) is 90.8 Å². The van der Waals surface area contributed by atoms with Crippen molar-refractivity contribution in [1.29, 1.82) is 0 Å². The van der Waals surface area contributed by atoms with Gasteiger partial charge in [-0.25, -0.2) is 0 Å². The topological polar surface area (TPSA) is 120 Å². The molecule has 353 valence electrons. The van der Waals surface area contributed by atoms with E-state index in [9.17, 15) is 29.7 Å². The Labute approximate surface area is 426 Å². The number of hydrogen-bond donors (Lipinski definition) is 0. The zero-order valence-electron chi connectivity index (χ0n) is 42.9. The summed E-state index contributed by atoms with van der Waals surface area (Å²) >= 11 is 0.407. The molecular formula is C50H100Al2ClNdO6. The van der Waals surface area contributed by atoms with Crippen LogP contribution in [0, 0.1) is 74.8 Å². The smallest absolute Gasteiger partial charge is 1.00 e. The largest absolute Gasteiger partial charge is 3.00 e. The minimum Gasteiger partial charge on any atom is -1.00 e. The first-order valence-corrected chi connectivity index (χ1v) is 27.2. The molecule has 0 rings (SSSR count). The Kier molecular flexibility index (Phi) is 67.7. The van der Waals surface area contributed by atoms with Crippen molar-refractivity contribution in [3.63, 3.8) is 0 Å². The summed E-state index contributed by atoms with van der Waals surface area (Å²) in [4.78, 5) is 30.1. The van der Waals surface area contributed by atoms with E-state index in [1.807, 2.05) is 0 Å². The number of rotatable bonds is 24. The molecule has 0 fully saturated rings. The zero-order valence-corrected chi connectivity index (χ0v) is 49.2. The SMILES string of the molecule is C=CC=C.CC(C)(C)CCCCCC(=O)[O-].CC(C)(C)CCCCCC(=O)[O-].CC(C)(C)CCCCCC(=O)[O-].CC(C)[CH2][Al]([CH2]C(C)C)[CH2]C(C)C.C[CH2][Al+][CH2]C.[Cl-].[Nd+3]. The van der Waals surface area contributed by atoms with Gasteiger partial charge in [-0.05, 0) is 74.0 Å². The van der Waals surface area contributed by atoms with Gasteiger partial charge in [0, 0.05) is 17.9 Å². The molecule has 6 nitrogen and oxygen atoms in total. The third-order valence-corrected chi connectivity index (χ3v) is 14.6. The van der Waals surface area contributed by atoms with Crippen molar-refractivity contribution >= 4 is 47.3 Å². The van der Waals surface area contributed by atoms with Crippen molar-refractivity contribution in [1.82, 2.24) is 0 Å². The first-order chi connectivity index (χ1) is 26.5. The van der Waals surface area contributed by atoms with Gasteiger partial charge in [0.2, 0.25) is 0 Å². The van der Waals surface area contributed by atoms with Gasteiger partial charge in [-0.1, -0.05) is 201 Å². The maximum Gasteiger partial charge on any atom is 3.00 e. The average Bonchev–Trinajstić information content (AvgIpc) is 3.03. The van der Waals surface area contributed by atoms with Crippen LogP contribution >= 0.6 is 0 Å². The molecule has 0 unspecified atom stereocenters. The van der Waals surface area contributed by atoms with Crippen molar-refractivity contribution in [2.75, 3.05) is 0 Å². The Morgan fingerprint density at radius 1 is 0.500 bits per heavy atom. The third-order valence-electron chi connectivity index (χ3n) is 8.58. The van der Waals surface area contributed by atoms with E-state index in [1.165, 1.54) is 29.8 Å². The molecule has 0 aliphatic carbocycles. The van der Waals surface area contributed by atoms with E-state index in [0.29, 0.717) is 16.2 Å². The Morgan fingerprint density at radius 3 is 0.833 bits per heavy atom. The van der Waals surface area contributed by atoms with Gasteiger partial charge in [0.05, 0.1) is 0 Å². The van der Waals surface area contributed by atoms with Crippen LogP contribution in [0.25, 0.3) is 0 Å². The molecule has 0 aromatic heterocycles. The van der Waals surface area contributed by atoms with Crippen LogP contribution in [0.2, 0.25) is 26.4 Å². The van der Waals surface area contributed by atoms with Gasteiger partial charge in [0.25, 0.3) is 14.1 Å². The molecule has 0 N–H and O–H groups in total.